The number of likely N-dealkylation sites (tertiary alicyclic amines) is 1. The summed E-state index contributed by atoms with van der Waals surface area (Å²) in [4.78, 5) is 37.2. The highest BCUT2D eigenvalue weighted by Gasteiger charge is 2.41. The molecule has 2 atom stereocenters. The van der Waals surface area contributed by atoms with Gasteiger partial charge in [-0.3, -0.25) is 4.79 Å². The van der Waals surface area contributed by atoms with Gasteiger partial charge in [0.1, 0.15) is 12.6 Å². The zero-order chi connectivity index (χ0) is 14.7. The largest absolute Gasteiger partial charge is 0.480 e. The number of primary amides is 1. The number of nitrogens with two attached hydrogens (primary N) is 1. The van der Waals surface area contributed by atoms with Gasteiger partial charge in [0.2, 0.25) is 5.91 Å². The Morgan fingerprint density at radius 3 is 2.42 bits per heavy atom. The Hall–Kier alpha value is -1.79. The molecular formula is C12H21N3O4. The molecule has 0 aromatic rings. The van der Waals surface area contributed by atoms with Crippen LogP contribution >= 0.6 is 0 Å². The first-order valence-electron chi connectivity index (χ1n) is 6.34. The standard InChI is InChI=1S/C12H21N3O4/c1-7(2)15(6-9(13)16)12(19)14-5-4-8(3)10(14)11(17)18/h7-8,10H,4-6H2,1-3H3,(H2,13,16)(H,17,18). The average molecular weight is 271 g/mol. The van der Waals surface area contributed by atoms with Crippen molar-refractivity contribution in [3.05, 3.63) is 0 Å². The number of carboxylic acids is 1. The van der Waals surface area contributed by atoms with Crippen LogP contribution in [0.2, 0.25) is 0 Å². The van der Waals surface area contributed by atoms with Gasteiger partial charge in [0.05, 0.1) is 0 Å². The molecule has 1 saturated heterocycles. The number of urea groups is 1. The van der Waals surface area contributed by atoms with Gasteiger partial charge in [-0.1, -0.05) is 6.92 Å². The van der Waals surface area contributed by atoms with E-state index in [-0.39, 0.29) is 18.5 Å². The lowest BCUT2D eigenvalue weighted by Gasteiger charge is -2.32. The number of carbonyl (C=O) groups is 3. The highest BCUT2D eigenvalue weighted by atomic mass is 16.4. The second kappa shape index (κ2) is 5.90. The molecule has 0 saturated carbocycles. The molecule has 0 spiro atoms. The van der Waals surface area contributed by atoms with Gasteiger partial charge in [-0.15, -0.1) is 0 Å². The van der Waals surface area contributed by atoms with Gasteiger partial charge in [0, 0.05) is 12.6 Å². The minimum atomic E-state index is -1.01. The van der Waals surface area contributed by atoms with E-state index in [1.807, 2.05) is 0 Å². The molecular weight excluding hydrogens is 250 g/mol. The number of hydrogen-bond donors (Lipinski definition) is 2. The summed E-state index contributed by atoms with van der Waals surface area (Å²) in [6, 6.07) is -1.49. The Morgan fingerprint density at radius 2 is 2.00 bits per heavy atom. The first-order chi connectivity index (χ1) is 8.75. The quantitative estimate of drug-likeness (QED) is 0.756. The molecule has 0 aliphatic carbocycles. The van der Waals surface area contributed by atoms with E-state index < -0.39 is 23.9 Å². The Kier molecular flexibility index (Phi) is 4.74. The number of carboxylic acid groups (broad SMARTS) is 1. The third-order valence-corrected chi connectivity index (χ3v) is 3.39. The van der Waals surface area contributed by atoms with Crippen molar-refractivity contribution < 1.29 is 19.5 Å². The normalized spacial score (nSPS) is 22.6. The monoisotopic (exact) mass is 271 g/mol. The van der Waals surface area contributed by atoms with Crippen molar-refractivity contribution in [3.63, 3.8) is 0 Å². The van der Waals surface area contributed by atoms with Crippen LogP contribution in [0.3, 0.4) is 0 Å². The average Bonchev–Trinajstić information content (AvgIpc) is 2.66. The van der Waals surface area contributed by atoms with Crippen LogP contribution in [-0.2, 0) is 9.59 Å². The number of aliphatic carboxylic acids is 1. The number of hydrogen-bond acceptors (Lipinski definition) is 3. The molecule has 0 bridgehead atoms. The highest BCUT2D eigenvalue weighted by Crippen LogP contribution is 2.25. The summed E-state index contributed by atoms with van der Waals surface area (Å²) in [5.41, 5.74) is 5.12. The van der Waals surface area contributed by atoms with Crippen LogP contribution in [0.4, 0.5) is 4.79 Å². The minimum Gasteiger partial charge on any atom is -0.480 e. The van der Waals surface area contributed by atoms with E-state index in [0.717, 1.165) is 0 Å². The number of amides is 3. The van der Waals surface area contributed by atoms with Crippen molar-refractivity contribution in [2.45, 2.75) is 39.3 Å². The van der Waals surface area contributed by atoms with E-state index in [0.29, 0.717) is 13.0 Å². The van der Waals surface area contributed by atoms with Crippen molar-refractivity contribution in [1.82, 2.24) is 9.80 Å². The molecule has 1 aliphatic rings. The van der Waals surface area contributed by atoms with E-state index >= 15 is 0 Å². The predicted molar refractivity (Wildman–Crippen MR) is 68.3 cm³/mol. The molecule has 1 rings (SSSR count). The molecule has 2 unspecified atom stereocenters. The zero-order valence-corrected chi connectivity index (χ0v) is 11.5. The molecule has 3 amide bonds. The second-order valence-corrected chi connectivity index (χ2v) is 5.21. The molecule has 3 N–H and O–H groups in total. The van der Waals surface area contributed by atoms with Gasteiger partial charge in [0.15, 0.2) is 0 Å². The molecule has 0 radical (unpaired) electrons. The van der Waals surface area contributed by atoms with Gasteiger partial charge >= 0.3 is 12.0 Å². The molecule has 1 heterocycles. The maximum Gasteiger partial charge on any atom is 0.326 e. The fourth-order valence-electron chi connectivity index (χ4n) is 2.34. The van der Waals surface area contributed by atoms with Crippen LogP contribution < -0.4 is 5.73 Å². The maximum atomic E-state index is 12.4. The van der Waals surface area contributed by atoms with E-state index in [4.69, 9.17) is 5.73 Å². The van der Waals surface area contributed by atoms with Crippen LogP contribution in [0.1, 0.15) is 27.2 Å². The van der Waals surface area contributed by atoms with Gasteiger partial charge in [-0.05, 0) is 26.2 Å². The summed E-state index contributed by atoms with van der Waals surface area (Å²) >= 11 is 0. The van der Waals surface area contributed by atoms with Crippen molar-refractivity contribution in [2.75, 3.05) is 13.1 Å². The molecule has 1 aliphatic heterocycles. The van der Waals surface area contributed by atoms with E-state index in [1.165, 1.54) is 9.80 Å². The predicted octanol–water partition coefficient (Wildman–Crippen LogP) is 0.0971. The summed E-state index contributed by atoms with van der Waals surface area (Å²) in [6.45, 7) is 5.51. The summed E-state index contributed by atoms with van der Waals surface area (Å²) in [5.74, 6) is -1.72. The van der Waals surface area contributed by atoms with Crippen molar-refractivity contribution in [1.29, 1.82) is 0 Å². The van der Waals surface area contributed by atoms with Crippen LogP contribution in [0, 0.1) is 5.92 Å². The molecule has 108 valence electrons. The lowest BCUT2D eigenvalue weighted by molar-refractivity contribution is -0.142. The fourth-order valence-corrected chi connectivity index (χ4v) is 2.34. The van der Waals surface area contributed by atoms with Crippen LogP contribution in [0.5, 0.6) is 0 Å². The van der Waals surface area contributed by atoms with Crippen LogP contribution in [0.15, 0.2) is 0 Å². The topological polar surface area (TPSA) is 104 Å². The lowest BCUT2D eigenvalue weighted by Crippen LogP contribution is -2.53. The van der Waals surface area contributed by atoms with Crippen LogP contribution in [0.25, 0.3) is 0 Å². The van der Waals surface area contributed by atoms with Gasteiger partial charge in [-0.25, -0.2) is 9.59 Å². The van der Waals surface area contributed by atoms with Crippen LogP contribution in [-0.4, -0.2) is 58.0 Å². The van der Waals surface area contributed by atoms with Gasteiger partial charge in [-0.2, -0.15) is 0 Å². The summed E-state index contributed by atoms with van der Waals surface area (Å²) < 4.78 is 0. The second-order valence-electron chi connectivity index (χ2n) is 5.21. The van der Waals surface area contributed by atoms with Crippen molar-refractivity contribution in [3.8, 4) is 0 Å². The third-order valence-electron chi connectivity index (χ3n) is 3.39. The Morgan fingerprint density at radius 1 is 1.42 bits per heavy atom. The number of carbonyl (C=O) groups excluding carboxylic acids is 2. The van der Waals surface area contributed by atoms with Gasteiger partial charge in [0.25, 0.3) is 0 Å². The Balaban J connectivity index is 2.90. The SMILES string of the molecule is CC1CCN(C(=O)N(CC(N)=O)C(C)C)C1C(=O)O. The minimum absolute atomic E-state index is 0.0935. The summed E-state index contributed by atoms with van der Waals surface area (Å²) in [5, 5.41) is 9.20. The summed E-state index contributed by atoms with van der Waals surface area (Å²) in [6.07, 6.45) is 0.644. The smallest absolute Gasteiger partial charge is 0.326 e. The number of rotatable bonds is 4. The zero-order valence-electron chi connectivity index (χ0n) is 11.5. The van der Waals surface area contributed by atoms with E-state index in [9.17, 15) is 19.5 Å². The van der Waals surface area contributed by atoms with Crippen molar-refractivity contribution >= 4 is 17.9 Å². The molecule has 0 aromatic carbocycles. The molecule has 19 heavy (non-hydrogen) atoms. The molecule has 7 nitrogen and oxygen atoms in total. The van der Waals surface area contributed by atoms with E-state index in [1.54, 1.807) is 20.8 Å². The first kappa shape index (κ1) is 15.3. The molecule has 7 heteroatoms. The number of nitrogens with zero attached hydrogens (tertiary/aromatic N) is 2. The van der Waals surface area contributed by atoms with Crippen molar-refractivity contribution in [2.24, 2.45) is 11.7 Å². The Labute approximate surface area is 112 Å². The first-order valence-corrected chi connectivity index (χ1v) is 6.34. The maximum absolute atomic E-state index is 12.4. The van der Waals surface area contributed by atoms with E-state index in [2.05, 4.69) is 0 Å². The fraction of sp³-hybridized carbons (Fsp3) is 0.750. The molecule has 0 aromatic heterocycles. The third kappa shape index (κ3) is 3.36. The highest BCUT2D eigenvalue weighted by molar-refractivity contribution is 5.87. The summed E-state index contributed by atoms with van der Waals surface area (Å²) in [7, 11) is 0. The molecule has 1 fully saturated rings. The van der Waals surface area contributed by atoms with Gasteiger partial charge < -0.3 is 20.6 Å². The Bertz CT molecular complexity index is 383. The lowest BCUT2D eigenvalue weighted by atomic mass is 10.0.